The topological polar surface area (TPSA) is 39.7 Å². The van der Waals surface area contributed by atoms with Crippen LogP contribution in [-0.2, 0) is 4.84 Å². The predicted octanol–water partition coefficient (Wildman–Crippen LogP) is 1.87. The third kappa shape index (κ3) is 3.92. The average molecular weight is 223 g/mol. The molecule has 0 aromatic heterocycles. The quantitative estimate of drug-likeness (QED) is 0.590. The molecule has 1 aromatic rings. The van der Waals surface area contributed by atoms with Gasteiger partial charge in [-0.1, -0.05) is 12.2 Å². The van der Waals surface area contributed by atoms with E-state index < -0.39 is 0 Å². The zero-order valence-electron chi connectivity index (χ0n) is 9.82. The maximum atomic E-state index is 5.17. The van der Waals surface area contributed by atoms with E-state index in [0.717, 1.165) is 17.1 Å². The summed E-state index contributed by atoms with van der Waals surface area (Å²) in [5, 5.41) is 0. The highest BCUT2D eigenvalue weighted by molar-refractivity contribution is 5.55. The first kappa shape index (κ1) is 12.5. The molecule has 0 unspecified atom stereocenters. The van der Waals surface area contributed by atoms with Crippen LogP contribution >= 0.6 is 0 Å². The summed E-state index contributed by atoms with van der Waals surface area (Å²) in [5.41, 5.74) is 3.61. The van der Waals surface area contributed by atoms with Crippen LogP contribution in [0.5, 0.6) is 11.5 Å². The number of hydrogen-bond acceptors (Lipinski definition) is 4. The first-order valence-electron chi connectivity index (χ1n) is 4.98. The van der Waals surface area contributed by atoms with E-state index in [4.69, 9.17) is 14.3 Å². The van der Waals surface area contributed by atoms with Gasteiger partial charge in [-0.25, -0.2) is 5.48 Å². The van der Waals surface area contributed by atoms with Gasteiger partial charge in [-0.05, 0) is 17.7 Å². The molecule has 0 radical (unpaired) electrons. The molecular formula is C12H17NO3. The molecule has 0 aliphatic rings. The largest absolute Gasteiger partial charge is 0.497 e. The highest BCUT2D eigenvalue weighted by atomic mass is 16.6. The molecule has 0 aliphatic heterocycles. The summed E-state index contributed by atoms with van der Waals surface area (Å²) in [4.78, 5) is 4.97. The van der Waals surface area contributed by atoms with Gasteiger partial charge in [0.15, 0.2) is 0 Å². The molecule has 4 nitrogen and oxygen atoms in total. The number of ether oxygens (including phenoxy) is 2. The molecule has 0 bridgehead atoms. The van der Waals surface area contributed by atoms with Gasteiger partial charge >= 0.3 is 0 Å². The lowest BCUT2D eigenvalue weighted by atomic mass is 10.2. The Bertz CT molecular complexity index is 328. The van der Waals surface area contributed by atoms with Crippen molar-refractivity contribution in [2.75, 3.05) is 27.9 Å². The number of nitrogens with one attached hydrogen (secondary N) is 1. The van der Waals surface area contributed by atoms with E-state index >= 15 is 0 Å². The Morgan fingerprint density at radius 3 is 2.25 bits per heavy atom. The van der Waals surface area contributed by atoms with E-state index in [0.29, 0.717) is 6.61 Å². The first-order chi connectivity index (χ1) is 7.80. The lowest BCUT2D eigenvalue weighted by molar-refractivity contribution is 0.0814. The Morgan fingerprint density at radius 1 is 1.12 bits per heavy atom. The lowest BCUT2D eigenvalue weighted by Gasteiger charge is -2.05. The average Bonchev–Trinajstić information content (AvgIpc) is 2.34. The van der Waals surface area contributed by atoms with Crippen molar-refractivity contribution in [3.63, 3.8) is 0 Å². The van der Waals surface area contributed by atoms with Crippen LogP contribution < -0.4 is 15.0 Å². The van der Waals surface area contributed by atoms with Gasteiger partial charge in [-0.3, -0.25) is 4.84 Å². The van der Waals surface area contributed by atoms with E-state index in [1.807, 2.05) is 30.4 Å². The van der Waals surface area contributed by atoms with E-state index in [-0.39, 0.29) is 0 Å². The van der Waals surface area contributed by atoms with Crippen LogP contribution in [-0.4, -0.2) is 27.9 Å². The fraction of sp³-hybridized carbons (Fsp3) is 0.333. The van der Waals surface area contributed by atoms with Crippen molar-refractivity contribution in [1.29, 1.82) is 0 Å². The molecule has 1 rings (SSSR count). The number of rotatable bonds is 6. The maximum absolute atomic E-state index is 5.17. The molecule has 0 saturated carbocycles. The Labute approximate surface area is 95.8 Å². The van der Waals surface area contributed by atoms with Crippen molar-refractivity contribution >= 4 is 6.08 Å². The van der Waals surface area contributed by atoms with Crippen LogP contribution in [0.3, 0.4) is 0 Å². The van der Waals surface area contributed by atoms with Crippen molar-refractivity contribution < 1.29 is 14.3 Å². The Balaban J connectivity index is 2.74. The van der Waals surface area contributed by atoms with Gasteiger partial charge in [0.05, 0.1) is 20.8 Å². The highest BCUT2D eigenvalue weighted by Gasteiger charge is 1.98. The Kier molecular flexibility index (Phi) is 5.39. The second kappa shape index (κ2) is 6.87. The highest BCUT2D eigenvalue weighted by Crippen LogP contribution is 2.23. The number of benzene rings is 1. The third-order valence-electron chi connectivity index (χ3n) is 2.01. The van der Waals surface area contributed by atoms with Crippen LogP contribution in [0, 0.1) is 0 Å². The van der Waals surface area contributed by atoms with Gasteiger partial charge in [-0.15, -0.1) is 0 Å². The normalized spacial score (nSPS) is 10.7. The zero-order valence-corrected chi connectivity index (χ0v) is 9.82. The minimum Gasteiger partial charge on any atom is -0.497 e. The second-order valence-corrected chi connectivity index (χ2v) is 3.06. The van der Waals surface area contributed by atoms with Crippen molar-refractivity contribution in [3.05, 3.63) is 29.8 Å². The molecule has 16 heavy (non-hydrogen) atoms. The SMILES string of the molecule is CNOC/C=C/c1cc(OC)cc(OC)c1. The smallest absolute Gasteiger partial charge is 0.123 e. The first-order valence-corrected chi connectivity index (χ1v) is 4.98. The van der Waals surface area contributed by atoms with Crippen LogP contribution in [0.1, 0.15) is 5.56 Å². The minimum absolute atomic E-state index is 0.510. The summed E-state index contributed by atoms with van der Waals surface area (Å²) in [6.07, 6.45) is 3.85. The van der Waals surface area contributed by atoms with Crippen molar-refractivity contribution in [2.24, 2.45) is 0 Å². The fourth-order valence-corrected chi connectivity index (χ4v) is 1.24. The van der Waals surface area contributed by atoms with E-state index in [1.165, 1.54) is 0 Å². The Hall–Kier alpha value is -1.52. The summed E-state index contributed by atoms with van der Waals surface area (Å²) in [7, 11) is 4.99. The molecule has 0 aliphatic carbocycles. The van der Waals surface area contributed by atoms with E-state index in [2.05, 4.69) is 5.48 Å². The van der Waals surface area contributed by atoms with E-state index in [9.17, 15) is 0 Å². The maximum Gasteiger partial charge on any atom is 0.123 e. The van der Waals surface area contributed by atoms with Gasteiger partial charge in [0, 0.05) is 13.1 Å². The van der Waals surface area contributed by atoms with Gasteiger partial charge in [0.1, 0.15) is 11.5 Å². The summed E-state index contributed by atoms with van der Waals surface area (Å²) >= 11 is 0. The monoisotopic (exact) mass is 223 g/mol. The zero-order chi connectivity index (χ0) is 11.8. The summed E-state index contributed by atoms with van der Waals surface area (Å²) in [5.74, 6) is 1.54. The fourth-order valence-electron chi connectivity index (χ4n) is 1.24. The summed E-state index contributed by atoms with van der Waals surface area (Å²) in [6, 6.07) is 5.69. The minimum atomic E-state index is 0.510. The molecule has 0 fully saturated rings. The molecule has 4 heteroatoms. The number of methoxy groups -OCH3 is 2. The molecule has 0 saturated heterocycles. The summed E-state index contributed by atoms with van der Waals surface area (Å²) in [6.45, 7) is 0.510. The standard InChI is InChI=1S/C12H17NO3/c1-13-16-6-4-5-10-7-11(14-2)9-12(8-10)15-3/h4-5,7-9,13H,6H2,1-3H3/b5-4+. The molecule has 1 N–H and O–H groups in total. The van der Waals surface area contributed by atoms with E-state index in [1.54, 1.807) is 21.3 Å². The van der Waals surface area contributed by atoms with Gasteiger partial charge in [-0.2, -0.15) is 0 Å². The van der Waals surface area contributed by atoms with Crippen LogP contribution in [0.2, 0.25) is 0 Å². The summed E-state index contributed by atoms with van der Waals surface area (Å²) < 4.78 is 10.3. The van der Waals surface area contributed by atoms with Crippen molar-refractivity contribution in [2.45, 2.75) is 0 Å². The van der Waals surface area contributed by atoms with Crippen LogP contribution in [0.15, 0.2) is 24.3 Å². The Morgan fingerprint density at radius 2 is 1.75 bits per heavy atom. The number of hydroxylamine groups is 1. The molecule has 88 valence electrons. The van der Waals surface area contributed by atoms with Crippen LogP contribution in [0.4, 0.5) is 0 Å². The van der Waals surface area contributed by atoms with Gasteiger partial charge < -0.3 is 9.47 Å². The third-order valence-corrected chi connectivity index (χ3v) is 2.01. The lowest BCUT2D eigenvalue weighted by Crippen LogP contribution is -2.06. The molecule has 0 atom stereocenters. The van der Waals surface area contributed by atoms with Gasteiger partial charge in [0.2, 0.25) is 0 Å². The molecule has 0 amide bonds. The molecule has 0 heterocycles. The van der Waals surface area contributed by atoms with Crippen LogP contribution in [0.25, 0.3) is 6.08 Å². The van der Waals surface area contributed by atoms with Gasteiger partial charge in [0.25, 0.3) is 0 Å². The van der Waals surface area contributed by atoms with Crippen molar-refractivity contribution in [1.82, 2.24) is 5.48 Å². The number of hydrogen-bond donors (Lipinski definition) is 1. The second-order valence-electron chi connectivity index (χ2n) is 3.06. The van der Waals surface area contributed by atoms with Crippen molar-refractivity contribution in [3.8, 4) is 11.5 Å². The predicted molar refractivity (Wildman–Crippen MR) is 63.6 cm³/mol. The molecule has 0 spiro atoms. The molecule has 1 aromatic carbocycles. The molecular weight excluding hydrogens is 206 g/mol.